The van der Waals surface area contributed by atoms with Gasteiger partial charge < -0.3 is 0 Å². The van der Waals surface area contributed by atoms with E-state index >= 15 is 0 Å². The first kappa shape index (κ1) is 24.4. The molecule has 1 aromatic heterocycles. The Kier molecular flexibility index (Phi) is 7.18. The third kappa shape index (κ3) is 5.57. The van der Waals surface area contributed by atoms with Crippen LogP contribution in [0, 0.1) is 0 Å². The average molecular weight is 497 g/mol. The molecule has 12 heteroatoms. The number of nitrogens with one attached hydrogen (secondary N) is 1. The fourth-order valence-corrected chi connectivity index (χ4v) is 4.99. The molecule has 1 N–H and O–H groups in total. The first-order valence-corrected chi connectivity index (χ1v) is 11.9. The lowest BCUT2D eigenvalue weighted by Crippen LogP contribution is -2.31. The molecule has 3 rings (SSSR count). The second-order valence-electron chi connectivity index (χ2n) is 6.71. The molecule has 0 radical (unpaired) electrons. The van der Waals surface area contributed by atoms with Crippen molar-refractivity contribution < 1.29 is 26.4 Å². The van der Waals surface area contributed by atoms with E-state index < -0.39 is 27.7 Å². The van der Waals surface area contributed by atoms with Gasteiger partial charge in [-0.15, -0.1) is 16.8 Å². The van der Waals surface area contributed by atoms with Crippen LogP contribution < -0.4 is 9.62 Å². The minimum absolute atomic E-state index is 0.0342. The molecule has 7 nitrogen and oxygen atoms in total. The summed E-state index contributed by atoms with van der Waals surface area (Å²) in [4.78, 5) is 12.3. The fraction of sp³-hybridized carbons (Fsp3) is 0.190. The summed E-state index contributed by atoms with van der Waals surface area (Å²) in [6.45, 7) is 5.12. The molecule has 0 aliphatic rings. The van der Waals surface area contributed by atoms with E-state index in [-0.39, 0.29) is 27.8 Å². The molecule has 0 aliphatic heterocycles. The molecule has 2 aromatic carbocycles. The third-order valence-corrected chi connectivity index (χ3v) is 7.20. The maximum absolute atomic E-state index is 13.3. The van der Waals surface area contributed by atoms with E-state index in [2.05, 4.69) is 22.1 Å². The van der Waals surface area contributed by atoms with Gasteiger partial charge in [0.2, 0.25) is 5.13 Å². The molecule has 0 unspecified atom stereocenters. The number of aryl methyl sites for hydroxylation is 1. The summed E-state index contributed by atoms with van der Waals surface area (Å²) in [6.07, 6.45) is -2.73. The standard InChI is InChI=1S/C21H19F3N4O3S2/c1-3-11-28(16-9-6-8-15(13-16)21(22,23)24)33(30,31)17-10-5-7-14(12-17)19(29)25-20-27-26-18(4-2)32-20/h3,5-10,12-13H,1,4,11H2,2H3,(H,25,27,29). The monoisotopic (exact) mass is 496 g/mol. The number of halogens is 3. The molecule has 0 saturated carbocycles. The predicted molar refractivity (Wildman–Crippen MR) is 120 cm³/mol. The van der Waals surface area contributed by atoms with Gasteiger partial charge in [0, 0.05) is 5.56 Å². The Labute approximate surface area is 192 Å². The maximum Gasteiger partial charge on any atom is 0.416 e. The van der Waals surface area contributed by atoms with Crippen molar-refractivity contribution >= 4 is 38.1 Å². The van der Waals surface area contributed by atoms with Gasteiger partial charge in [-0.2, -0.15) is 13.2 Å². The Morgan fingerprint density at radius 2 is 1.91 bits per heavy atom. The number of benzene rings is 2. The molecule has 33 heavy (non-hydrogen) atoms. The van der Waals surface area contributed by atoms with Crippen molar-refractivity contribution in [3.8, 4) is 0 Å². The second kappa shape index (κ2) is 9.71. The smallest absolute Gasteiger partial charge is 0.296 e. The molecule has 3 aromatic rings. The lowest BCUT2D eigenvalue weighted by Gasteiger charge is -2.24. The molecule has 0 fully saturated rings. The number of hydrogen-bond donors (Lipinski definition) is 1. The zero-order valence-electron chi connectivity index (χ0n) is 17.3. The number of carbonyl (C=O) groups is 1. The van der Waals surface area contributed by atoms with Crippen molar-refractivity contribution in [1.82, 2.24) is 10.2 Å². The van der Waals surface area contributed by atoms with Crippen molar-refractivity contribution in [2.24, 2.45) is 0 Å². The number of aromatic nitrogens is 2. The van der Waals surface area contributed by atoms with Crippen molar-refractivity contribution in [2.45, 2.75) is 24.4 Å². The van der Waals surface area contributed by atoms with Crippen LogP contribution in [-0.2, 0) is 22.6 Å². The summed E-state index contributed by atoms with van der Waals surface area (Å²) < 4.78 is 66.8. The van der Waals surface area contributed by atoms with Crippen LogP contribution >= 0.6 is 11.3 Å². The number of alkyl halides is 3. The zero-order valence-corrected chi connectivity index (χ0v) is 19.0. The van der Waals surface area contributed by atoms with Gasteiger partial charge in [-0.05, 0) is 42.8 Å². The van der Waals surface area contributed by atoms with Gasteiger partial charge >= 0.3 is 6.18 Å². The van der Waals surface area contributed by atoms with Crippen LogP contribution in [0.1, 0.15) is 27.9 Å². The highest BCUT2D eigenvalue weighted by molar-refractivity contribution is 7.92. The highest BCUT2D eigenvalue weighted by atomic mass is 32.2. The summed E-state index contributed by atoms with van der Waals surface area (Å²) in [5, 5.41) is 11.3. The largest absolute Gasteiger partial charge is 0.416 e. The Balaban J connectivity index is 1.95. The lowest BCUT2D eigenvalue weighted by atomic mass is 10.2. The van der Waals surface area contributed by atoms with Gasteiger partial charge in [0.05, 0.1) is 22.7 Å². The molecule has 0 atom stereocenters. The van der Waals surface area contributed by atoms with E-state index in [0.717, 1.165) is 33.6 Å². The first-order chi connectivity index (χ1) is 15.6. The van der Waals surface area contributed by atoms with Gasteiger partial charge in [-0.1, -0.05) is 36.5 Å². The van der Waals surface area contributed by atoms with Crippen LogP contribution in [0.5, 0.6) is 0 Å². The van der Waals surface area contributed by atoms with Crippen molar-refractivity contribution in [3.63, 3.8) is 0 Å². The Bertz CT molecular complexity index is 1270. The minimum atomic E-state index is -4.64. The summed E-state index contributed by atoms with van der Waals surface area (Å²) in [5.41, 5.74) is -1.13. The number of sulfonamides is 1. The fourth-order valence-electron chi connectivity index (χ4n) is 2.84. The van der Waals surface area contributed by atoms with Crippen LogP contribution in [0.25, 0.3) is 0 Å². The van der Waals surface area contributed by atoms with Crippen molar-refractivity contribution in [2.75, 3.05) is 16.2 Å². The Hall–Kier alpha value is -3.25. The van der Waals surface area contributed by atoms with Crippen LogP contribution in [0.15, 0.2) is 66.1 Å². The van der Waals surface area contributed by atoms with E-state index in [1.54, 1.807) is 0 Å². The minimum Gasteiger partial charge on any atom is -0.296 e. The summed E-state index contributed by atoms with van der Waals surface area (Å²) in [5.74, 6) is -0.597. The van der Waals surface area contributed by atoms with Crippen LogP contribution in [0.4, 0.5) is 24.0 Å². The van der Waals surface area contributed by atoms with E-state index in [9.17, 15) is 26.4 Å². The van der Waals surface area contributed by atoms with Crippen LogP contribution in [0.3, 0.4) is 0 Å². The van der Waals surface area contributed by atoms with Crippen LogP contribution in [0.2, 0.25) is 0 Å². The molecule has 0 aliphatic carbocycles. The van der Waals surface area contributed by atoms with E-state index in [4.69, 9.17) is 0 Å². The highest BCUT2D eigenvalue weighted by Gasteiger charge is 2.32. The van der Waals surface area contributed by atoms with Crippen molar-refractivity contribution in [3.05, 3.63) is 77.3 Å². The van der Waals surface area contributed by atoms with Gasteiger partial charge in [0.1, 0.15) is 5.01 Å². The SMILES string of the molecule is C=CCN(c1cccc(C(F)(F)F)c1)S(=O)(=O)c1cccc(C(=O)Nc2nnc(CC)s2)c1. The van der Waals surface area contributed by atoms with Gasteiger partial charge in [-0.3, -0.25) is 14.4 Å². The second-order valence-corrected chi connectivity index (χ2v) is 9.63. The number of nitrogens with zero attached hydrogens (tertiary/aromatic N) is 3. The molecule has 0 spiro atoms. The number of hydrogen-bond acceptors (Lipinski definition) is 6. The summed E-state index contributed by atoms with van der Waals surface area (Å²) in [6, 6.07) is 9.18. The normalized spacial score (nSPS) is 11.8. The molecule has 174 valence electrons. The average Bonchev–Trinajstić information content (AvgIpc) is 3.24. The van der Waals surface area contributed by atoms with Gasteiger partial charge in [-0.25, -0.2) is 8.42 Å². The number of rotatable bonds is 8. The molecule has 1 heterocycles. The third-order valence-electron chi connectivity index (χ3n) is 4.43. The highest BCUT2D eigenvalue weighted by Crippen LogP contribution is 2.33. The molecular weight excluding hydrogens is 477 g/mol. The van der Waals surface area contributed by atoms with E-state index in [1.165, 1.54) is 41.7 Å². The molecular formula is C21H19F3N4O3S2. The quantitative estimate of drug-likeness (QED) is 0.454. The zero-order chi connectivity index (χ0) is 24.2. The van der Waals surface area contributed by atoms with Crippen LogP contribution in [-0.4, -0.2) is 31.1 Å². The first-order valence-electron chi connectivity index (χ1n) is 9.61. The summed E-state index contributed by atoms with van der Waals surface area (Å²) in [7, 11) is -4.32. The lowest BCUT2D eigenvalue weighted by molar-refractivity contribution is -0.137. The van der Waals surface area contributed by atoms with E-state index in [1.807, 2.05) is 6.92 Å². The number of carbonyl (C=O) groups excluding carboxylic acids is 1. The Morgan fingerprint density at radius 3 is 2.55 bits per heavy atom. The molecule has 0 bridgehead atoms. The molecule has 1 amide bonds. The Morgan fingerprint density at radius 1 is 1.18 bits per heavy atom. The number of amides is 1. The maximum atomic E-state index is 13.3. The van der Waals surface area contributed by atoms with Gasteiger partial charge in [0.15, 0.2) is 0 Å². The predicted octanol–water partition coefficient (Wildman–Crippen LogP) is 4.75. The topological polar surface area (TPSA) is 92.3 Å². The summed E-state index contributed by atoms with van der Waals surface area (Å²) >= 11 is 1.19. The van der Waals surface area contributed by atoms with Crippen molar-refractivity contribution in [1.29, 1.82) is 0 Å². The van der Waals surface area contributed by atoms with Gasteiger partial charge in [0.25, 0.3) is 15.9 Å². The molecule has 0 saturated heterocycles. The van der Waals surface area contributed by atoms with E-state index in [0.29, 0.717) is 6.42 Å². The number of anilines is 2.